The number of hydrogen-bond acceptors (Lipinski definition) is 5. The molecule has 1 aromatic heterocycles. The number of sulfonamides is 1. The summed E-state index contributed by atoms with van der Waals surface area (Å²) in [7, 11) is -2.25. The Balaban J connectivity index is 2.37. The Bertz CT molecular complexity index is 686. The Hall–Kier alpha value is -2.28. The molecule has 0 unspecified atom stereocenters. The average molecular weight is 279 g/mol. The maximum Gasteiger partial charge on any atom is 0.262 e. The molecule has 1 aromatic carbocycles. The standard InChI is InChI=1S/C12H13N3O3S/c1-18-11-5-3-2-4-10(11)15-19(16,17)9-6-7-14-12(13)8-9/h2-8,15H,1H3,(H2,13,14). The number of ether oxygens (including phenoxy) is 1. The molecule has 2 rings (SSSR count). The van der Waals surface area contributed by atoms with Crippen LogP contribution in [0.4, 0.5) is 11.5 Å². The normalized spacial score (nSPS) is 11.0. The number of hydrogen-bond donors (Lipinski definition) is 2. The maximum atomic E-state index is 12.2. The van der Waals surface area contributed by atoms with Crippen LogP contribution < -0.4 is 15.2 Å². The zero-order valence-electron chi connectivity index (χ0n) is 10.2. The third-order valence-electron chi connectivity index (χ3n) is 2.41. The molecule has 0 saturated heterocycles. The molecule has 0 amide bonds. The van der Waals surface area contributed by atoms with Crippen LogP contribution in [0.1, 0.15) is 0 Å². The van der Waals surface area contributed by atoms with Gasteiger partial charge in [-0.1, -0.05) is 12.1 Å². The summed E-state index contributed by atoms with van der Waals surface area (Å²) >= 11 is 0. The van der Waals surface area contributed by atoms with Gasteiger partial charge < -0.3 is 10.5 Å². The first-order valence-corrected chi connectivity index (χ1v) is 6.88. The number of methoxy groups -OCH3 is 1. The fraction of sp³-hybridized carbons (Fsp3) is 0.0833. The number of pyridine rings is 1. The summed E-state index contributed by atoms with van der Waals surface area (Å²) in [5, 5.41) is 0. The molecule has 0 aliphatic heterocycles. The van der Waals surface area contributed by atoms with E-state index in [4.69, 9.17) is 10.5 Å². The first-order valence-electron chi connectivity index (χ1n) is 5.40. The van der Waals surface area contributed by atoms with Gasteiger partial charge in [0.2, 0.25) is 0 Å². The smallest absolute Gasteiger partial charge is 0.262 e. The molecule has 7 heteroatoms. The number of nitrogens with one attached hydrogen (secondary N) is 1. The highest BCUT2D eigenvalue weighted by molar-refractivity contribution is 7.92. The van der Waals surface area contributed by atoms with E-state index in [1.54, 1.807) is 24.3 Å². The zero-order chi connectivity index (χ0) is 13.9. The van der Waals surface area contributed by atoms with Gasteiger partial charge in [0.25, 0.3) is 10.0 Å². The van der Waals surface area contributed by atoms with Gasteiger partial charge in [0.05, 0.1) is 17.7 Å². The van der Waals surface area contributed by atoms with Gasteiger partial charge in [0, 0.05) is 12.3 Å². The molecule has 6 nitrogen and oxygen atoms in total. The minimum Gasteiger partial charge on any atom is -0.495 e. The molecule has 2 aromatic rings. The lowest BCUT2D eigenvalue weighted by Crippen LogP contribution is -2.14. The van der Waals surface area contributed by atoms with E-state index in [-0.39, 0.29) is 10.7 Å². The van der Waals surface area contributed by atoms with E-state index in [2.05, 4.69) is 9.71 Å². The van der Waals surface area contributed by atoms with Crippen molar-refractivity contribution in [2.24, 2.45) is 0 Å². The summed E-state index contributed by atoms with van der Waals surface area (Å²) < 4.78 is 31.9. The summed E-state index contributed by atoms with van der Waals surface area (Å²) in [5.41, 5.74) is 5.84. The Kier molecular flexibility index (Phi) is 3.57. The summed E-state index contributed by atoms with van der Waals surface area (Å²) in [4.78, 5) is 3.80. The van der Waals surface area contributed by atoms with Crippen LogP contribution in [-0.4, -0.2) is 20.5 Å². The maximum absolute atomic E-state index is 12.2. The van der Waals surface area contributed by atoms with Gasteiger partial charge in [0.15, 0.2) is 0 Å². The highest BCUT2D eigenvalue weighted by atomic mass is 32.2. The second-order valence-electron chi connectivity index (χ2n) is 3.72. The van der Waals surface area contributed by atoms with Gasteiger partial charge in [-0.15, -0.1) is 0 Å². The van der Waals surface area contributed by atoms with Gasteiger partial charge in [-0.3, -0.25) is 4.72 Å². The minimum absolute atomic E-state index is 0.0471. The van der Waals surface area contributed by atoms with Gasteiger partial charge in [0.1, 0.15) is 11.6 Å². The molecule has 3 N–H and O–H groups in total. The van der Waals surface area contributed by atoms with E-state index < -0.39 is 10.0 Å². The largest absolute Gasteiger partial charge is 0.495 e. The van der Waals surface area contributed by atoms with Gasteiger partial charge in [-0.2, -0.15) is 0 Å². The summed E-state index contributed by atoms with van der Waals surface area (Å²) in [6.45, 7) is 0. The van der Waals surface area contributed by atoms with Crippen molar-refractivity contribution in [1.82, 2.24) is 4.98 Å². The fourth-order valence-electron chi connectivity index (χ4n) is 1.53. The van der Waals surface area contributed by atoms with Crippen molar-refractivity contribution in [2.75, 3.05) is 17.6 Å². The first-order chi connectivity index (χ1) is 9.03. The molecule has 1 heterocycles. The summed E-state index contributed by atoms with van der Waals surface area (Å²) in [6.07, 6.45) is 1.34. The molecule has 0 aliphatic carbocycles. The quantitative estimate of drug-likeness (QED) is 0.883. The Morgan fingerprint density at radius 3 is 2.68 bits per heavy atom. The van der Waals surface area contributed by atoms with Crippen molar-refractivity contribution in [3.63, 3.8) is 0 Å². The molecule has 100 valence electrons. The number of nitrogens with two attached hydrogens (primary N) is 1. The van der Waals surface area contributed by atoms with Crippen molar-refractivity contribution in [3.05, 3.63) is 42.6 Å². The molecular formula is C12H13N3O3S. The Labute approximate surface area is 111 Å². The van der Waals surface area contributed by atoms with E-state index in [0.29, 0.717) is 11.4 Å². The second-order valence-corrected chi connectivity index (χ2v) is 5.40. The molecule has 0 aliphatic rings. The van der Waals surface area contributed by atoms with Crippen molar-refractivity contribution in [2.45, 2.75) is 4.90 Å². The third kappa shape index (κ3) is 2.94. The van der Waals surface area contributed by atoms with Gasteiger partial charge >= 0.3 is 0 Å². The Morgan fingerprint density at radius 2 is 2.00 bits per heavy atom. The van der Waals surface area contributed by atoms with Crippen LogP contribution in [0.2, 0.25) is 0 Å². The molecule has 0 radical (unpaired) electrons. The number of anilines is 2. The predicted octanol–water partition coefficient (Wildman–Crippen LogP) is 1.47. The lowest BCUT2D eigenvalue weighted by molar-refractivity contribution is 0.417. The topological polar surface area (TPSA) is 94.3 Å². The van der Waals surface area contributed by atoms with Crippen LogP contribution in [0, 0.1) is 0 Å². The zero-order valence-corrected chi connectivity index (χ0v) is 11.0. The molecule has 0 atom stereocenters. The van der Waals surface area contributed by atoms with Crippen molar-refractivity contribution < 1.29 is 13.2 Å². The molecule has 19 heavy (non-hydrogen) atoms. The third-order valence-corrected chi connectivity index (χ3v) is 3.78. The van der Waals surface area contributed by atoms with Gasteiger partial charge in [-0.05, 0) is 18.2 Å². The number of aromatic nitrogens is 1. The first kappa shape index (κ1) is 13.2. The van der Waals surface area contributed by atoms with Crippen LogP contribution in [0.15, 0.2) is 47.5 Å². The number of nitrogen functional groups attached to an aromatic ring is 1. The second kappa shape index (κ2) is 5.15. The van der Waals surface area contributed by atoms with Gasteiger partial charge in [-0.25, -0.2) is 13.4 Å². The predicted molar refractivity (Wildman–Crippen MR) is 72.5 cm³/mol. The van der Waals surface area contributed by atoms with E-state index in [1.165, 1.54) is 25.4 Å². The van der Waals surface area contributed by atoms with Crippen molar-refractivity contribution in [3.8, 4) is 5.75 Å². The number of rotatable bonds is 4. The molecule has 0 bridgehead atoms. The van der Waals surface area contributed by atoms with Crippen LogP contribution in [0.25, 0.3) is 0 Å². The molecular weight excluding hydrogens is 266 g/mol. The molecule has 0 spiro atoms. The van der Waals surface area contributed by atoms with E-state index in [9.17, 15) is 8.42 Å². The summed E-state index contributed by atoms with van der Waals surface area (Å²) in [6, 6.07) is 9.40. The minimum atomic E-state index is -3.72. The lowest BCUT2D eigenvalue weighted by Gasteiger charge is -2.11. The van der Waals surface area contributed by atoms with Crippen LogP contribution >= 0.6 is 0 Å². The number of nitrogens with zero attached hydrogens (tertiary/aromatic N) is 1. The fourth-order valence-corrected chi connectivity index (χ4v) is 2.62. The van der Waals surface area contributed by atoms with Crippen LogP contribution in [0.3, 0.4) is 0 Å². The molecule has 0 saturated carbocycles. The van der Waals surface area contributed by atoms with Crippen molar-refractivity contribution >= 4 is 21.5 Å². The molecule has 0 fully saturated rings. The van der Waals surface area contributed by atoms with Crippen molar-refractivity contribution in [1.29, 1.82) is 0 Å². The number of benzene rings is 1. The number of para-hydroxylation sites is 2. The summed E-state index contributed by atoms with van der Waals surface area (Å²) in [5.74, 6) is 0.580. The van der Waals surface area contributed by atoms with E-state index >= 15 is 0 Å². The monoisotopic (exact) mass is 279 g/mol. The SMILES string of the molecule is COc1ccccc1NS(=O)(=O)c1ccnc(N)c1. The highest BCUT2D eigenvalue weighted by Gasteiger charge is 2.16. The lowest BCUT2D eigenvalue weighted by atomic mass is 10.3. The van der Waals surface area contributed by atoms with E-state index in [0.717, 1.165) is 0 Å². The average Bonchev–Trinajstić information content (AvgIpc) is 2.39. The van der Waals surface area contributed by atoms with E-state index in [1.807, 2.05) is 0 Å². The van der Waals surface area contributed by atoms with Crippen LogP contribution in [-0.2, 0) is 10.0 Å². The Morgan fingerprint density at radius 1 is 1.26 bits per heavy atom. The highest BCUT2D eigenvalue weighted by Crippen LogP contribution is 2.26. The van der Waals surface area contributed by atoms with Crippen LogP contribution in [0.5, 0.6) is 5.75 Å².